The Morgan fingerprint density at radius 3 is 3.00 bits per heavy atom. The molecule has 0 radical (unpaired) electrons. The highest BCUT2D eigenvalue weighted by atomic mass is 16.6. The Hall–Kier alpha value is -1.43. The second-order valence-electron chi connectivity index (χ2n) is 3.57. The third-order valence-electron chi connectivity index (χ3n) is 2.06. The summed E-state index contributed by atoms with van der Waals surface area (Å²) in [5.41, 5.74) is 0. The second-order valence-corrected chi connectivity index (χ2v) is 3.57. The van der Waals surface area contributed by atoms with E-state index in [1.54, 1.807) is 10.9 Å². The van der Waals surface area contributed by atoms with Crippen LogP contribution in [0.2, 0.25) is 0 Å². The molecular weight excluding hydrogens is 196 g/mol. The third kappa shape index (κ3) is 3.67. The highest BCUT2D eigenvalue weighted by molar-refractivity contribution is 5.13. The molecule has 6 nitrogen and oxygen atoms in total. The van der Waals surface area contributed by atoms with Crippen molar-refractivity contribution in [1.82, 2.24) is 15.1 Å². The molecule has 0 saturated heterocycles. The normalized spacial score (nSPS) is 12.7. The van der Waals surface area contributed by atoms with E-state index in [9.17, 15) is 10.1 Å². The number of hydrogen-bond donors (Lipinski definition) is 1. The van der Waals surface area contributed by atoms with Crippen molar-refractivity contribution in [2.45, 2.75) is 20.4 Å². The average Bonchev–Trinajstić information content (AvgIpc) is 2.63. The highest BCUT2D eigenvalue weighted by Gasteiger charge is 2.12. The zero-order valence-electron chi connectivity index (χ0n) is 9.01. The van der Waals surface area contributed by atoms with Crippen molar-refractivity contribution in [2.24, 2.45) is 5.92 Å². The molecule has 0 aliphatic rings. The van der Waals surface area contributed by atoms with Crippen molar-refractivity contribution >= 4 is 5.82 Å². The minimum Gasteiger partial charge on any atom is -0.358 e. The van der Waals surface area contributed by atoms with Crippen LogP contribution >= 0.6 is 0 Å². The van der Waals surface area contributed by atoms with E-state index in [1.165, 1.54) is 6.07 Å². The second kappa shape index (κ2) is 5.45. The molecule has 0 saturated carbocycles. The van der Waals surface area contributed by atoms with Gasteiger partial charge < -0.3 is 15.4 Å². The van der Waals surface area contributed by atoms with Gasteiger partial charge in [-0.05, 0) is 23.9 Å². The van der Waals surface area contributed by atoms with Crippen LogP contribution in [0.5, 0.6) is 0 Å². The van der Waals surface area contributed by atoms with Gasteiger partial charge in [0.1, 0.15) is 0 Å². The summed E-state index contributed by atoms with van der Waals surface area (Å²) >= 11 is 0. The zero-order chi connectivity index (χ0) is 11.3. The Morgan fingerprint density at radius 1 is 1.73 bits per heavy atom. The Morgan fingerprint density at radius 2 is 2.47 bits per heavy atom. The summed E-state index contributed by atoms with van der Waals surface area (Å²) in [4.78, 5) is 9.91. The summed E-state index contributed by atoms with van der Waals surface area (Å²) < 4.78 is 1.61. The molecule has 1 N–H and O–H groups in total. The van der Waals surface area contributed by atoms with E-state index < -0.39 is 4.92 Å². The molecule has 0 spiro atoms. The van der Waals surface area contributed by atoms with Crippen molar-refractivity contribution in [3.05, 3.63) is 22.4 Å². The summed E-state index contributed by atoms with van der Waals surface area (Å²) in [5, 5.41) is 17.5. The number of nitrogens with zero attached hydrogens (tertiary/aromatic N) is 3. The molecule has 0 amide bonds. The lowest BCUT2D eigenvalue weighted by molar-refractivity contribution is -0.389. The van der Waals surface area contributed by atoms with Gasteiger partial charge in [0, 0.05) is 0 Å². The van der Waals surface area contributed by atoms with Gasteiger partial charge in [-0.25, -0.2) is 0 Å². The van der Waals surface area contributed by atoms with E-state index in [4.69, 9.17) is 0 Å². The number of rotatable bonds is 6. The molecule has 0 aliphatic carbocycles. The molecule has 1 rings (SSSR count). The Bertz CT molecular complexity index is 324. The fourth-order valence-electron chi connectivity index (χ4n) is 1.32. The fourth-order valence-corrected chi connectivity index (χ4v) is 1.32. The van der Waals surface area contributed by atoms with Crippen LogP contribution in [0.4, 0.5) is 5.82 Å². The molecule has 1 heterocycles. The van der Waals surface area contributed by atoms with E-state index in [2.05, 4.69) is 17.3 Å². The van der Waals surface area contributed by atoms with E-state index in [0.717, 1.165) is 13.1 Å². The number of nitrogens with one attached hydrogen (secondary N) is 1. The zero-order valence-corrected chi connectivity index (χ0v) is 9.01. The van der Waals surface area contributed by atoms with Crippen molar-refractivity contribution in [3.63, 3.8) is 0 Å². The van der Waals surface area contributed by atoms with Crippen LogP contribution in [-0.2, 0) is 6.54 Å². The van der Waals surface area contributed by atoms with Gasteiger partial charge in [0.15, 0.2) is 0 Å². The van der Waals surface area contributed by atoms with Crippen molar-refractivity contribution in [3.8, 4) is 0 Å². The molecule has 0 bridgehead atoms. The van der Waals surface area contributed by atoms with Crippen LogP contribution in [0.25, 0.3) is 0 Å². The molecule has 84 valence electrons. The molecule has 1 aromatic heterocycles. The SMILES string of the molecule is CCNCC(C)Cn1ccc([N+](=O)[O-])n1. The molecule has 15 heavy (non-hydrogen) atoms. The maximum absolute atomic E-state index is 10.4. The lowest BCUT2D eigenvalue weighted by Crippen LogP contribution is -2.24. The number of hydrogen-bond acceptors (Lipinski definition) is 4. The van der Waals surface area contributed by atoms with Gasteiger partial charge in [0.05, 0.1) is 23.9 Å². The predicted octanol–water partition coefficient (Wildman–Crippen LogP) is 1.04. The number of aromatic nitrogens is 2. The maximum Gasteiger partial charge on any atom is 0.389 e. The maximum atomic E-state index is 10.4. The van der Waals surface area contributed by atoms with E-state index in [-0.39, 0.29) is 5.82 Å². The highest BCUT2D eigenvalue weighted by Crippen LogP contribution is 2.07. The summed E-state index contributed by atoms with van der Waals surface area (Å²) in [5.74, 6) is 0.315. The van der Waals surface area contributed by atoms with Crippen LogP contribution in [0.15, 0.2) is 12.3 Å². The van der Waals surface area contributed by atoms with Crippen molar-refractivity contribution in [2.75, 3.05) is 13.1 Å². The number of nitro groups is 1. The van der Waals surface area contributed by atoms with Crippen LogP contribution in [0, 0.1) is 16.0 Å². The molecule has 0 fully saturated rings. The summed E-state index contributed by atoms with van der Waals surface area (Å²) in [6.45, 7) is 6.65. The Balaban J connectivity index is 2.46. The summed E-state index contributed by atoms with van der Waals surface area (Å²) in [7, 11) is 0. The quantitative estimate of drug-likeness (QED) is 0.564. The third-order valence-corrected chi connectivity index (χ3v) is 2.06. The van der Waals surface area contributed by atoms with Gasteiger partial charge in [0.25, 0.3) is 0 Å². The largest absolute Gasteiger partial charge is 0.389 e. The first kappa shape index (κ1) is 11.6. The standard InChI is InChI=1S/C9H16N4O2/c1-3-10-6-8(2)7-12-5-4-9(11-12)13(14)15/h4-5,8,10H,3,6-7H2,1-2H3. The smallest absolute Gasteiger partial charge is 0.358 e. The van der Waals surface area contributed by atoms with Crippen molar-refractivity contribution in [1.29, 1.82) is 0 Å². The van der Waals surface area contributed by atoms with Gasteiger partial charge in [-0.15, -0.1) is 0 Å². The topological polar surface area (TPSA) is 73.0 Å². The van der Waals surface area contributed by atoms with Gasteiger partial charge in [0.2, 0.25) is 0 Å². The first-order valence-electron chi connectivity index (χ1n) is 5.02. The van der Waals surface area contributed by atoms with Crippen LogP contribution in [-0.4, -0.2) is 27.8 Å². The van der Waals surface area contributed by atoms with Crippen LogP contribution in [0.1, 0.15) is 13.8 Å². The monoisotopic (exact) mass is 212 g/mol. The van der Waals surface area contributed by atoms with Crippen molar-refractivity contribution < 1.29 is 4.92 Å². The summed E-state index contributed by atoms with van der Waals surface area (Å²) in [6, 6.07) is 1.42. The molecular formula is C9H16N4O2. The Labute approximate surface area is 88.4 Å². The minimum absolute atomic E-state index is 0.0920. The van der Waals surface area contributed by atoms with Gasteiger partial charge >= 0.3 is 5.82 Å². The fraction of sp³-hybridized carbons (Fsp3) is 0.667. The lowest BCUT2D eigenvalue weighted by Gasteiger charge is -2.09. The summed E-state index contributed by atoms with van der Waals surface area (Å²) in [6.07, 6.45) is 1.64. The molecule has 0 aliphatic heterocycles. The molecule has 1 atom stereocenters. The predicted molar refractivity (Wildman–Crippen MR) is 56.6 cm³/mol. The molecule has 6 heteroatoms. The first-order valence-corrected chi connectivity index (χ1v) is 5.02. The Kier molecular flexibility index (Phi) is 4.23. The van der Waals surface area contributed by atoms with Gasteiger partial charge in [-0.2, -0.15) is 4.68 Å². The molecule has 1 unspecified atom stereocenters. The first-order chi connectivity index (χ1) is 7.13. The van der Waals surface area contributed by atoms with Crippen LogP contribution in [0.3, 0.4) is 0 Å². The van der Waals surface area contributed by atoms with E-state index >= 15 is 0 Å². The molecule has 0 aromatic carbocycles. The van der Waals surface area contributed by atoms with E-state index in [1.807, 2.05) is 6.92 Å². The average molecular weight is 212 g/mol. The van der Waals surface area contributed by atoms with Crippen LogP contribution < -0.4 is 5.32 Å². The lowest BCUT2D eigenvalue weighted by atomic mass is 10.2. The van der Waals surface area contributed by atoms with E-state index in [0.29, 0.717) is 12.5 Å². The van der Waals surface area contributed by atoms with Gasteiger partial charge in [-0.3, -0.25) is 0 Å². The molecule has 1 aromatic rings. The van der Waals surface area contributed by atoms with Gasteiger partial charge in [-0.1, -0.05) is 13.8 Å². The minimum atomic E-state index is -0.481.